The molecule has 1 aromatic carbocycles. The molecule has 8 nitrogen and oxygen atoms in total. The first-order valence-corrected chi connectivity index (χ1v) is 7.91. The van der Waals surface area contributed by atoms with Gasteiger partial charge in [0.05, 0.1) is 19.5 Å². The zero-order chi connectivity index (χ0) is 17.6. The zero-order valence-corrected chi connectivity index (χ0v) is 13.9. The van der Waals surface area contributed by atoms with Gasteiger partial charge in [-0.05, 0) is 12.1 Å². The van der Waals surface area contributed by atoms with E-state index in [1.54, 1.807) is 16.9 Å². The Morgan fingerprint density at radius 3 is 2.64 bits per heavy atom. The molecule has 0 bridgehead atoms. The van der Waals surface area contributed by atoms with E-state index >= 15 is 0 Å². The van der Waals surface area contributed by atoms with Crippen molar-refractivity contribution < 1.29 is 14.3 Å². The number of hydrogen-bond acceptors (Lipinski definition) is 6. The maximum Gasteiger partial charge on any atom is 0.274 e. The number of hydrogen-bond donors (Lipinski definition) is 1. The van der Waals surface area contributed by atoms with Crippen LogP contribution < -0.4 is 10.1 Å². The van der Waals surface area contributed by atoms with Crippen LogP contribution >= 0.6 is 0 Å². The van der Waals surface area contributed by atoms with Crippen molar-refractivity contribution >= 4 is 23.8 Å². The molecule has 1 saturated heterocycles. The molecule has 3 rings (SSSR count). The monoisotopic (exact) mass is 341 g/mol. The molecular weight excluding hydrogens is 322 g/mol. The summed E-state index contributed by atoms with van der Waals surface area (Å²) in [6.45, 7) is 2.09. The van der Waals surface area contributed by atoms with Gasteiger partial charge in [-0.15, -0.1) is 0 Å². The van der Waals surface area contributed by atoms with Gasteiger partial charge in [0, 0.05) is 37.9 Å². The number of carbonyl (C=O) groups excluding carboxylic acids is 2. The molecule has 25 heavy (non-hydrogen) atoms. The standard InChI is InChI=1S/C17H19N5O3/c1-25-14-4-2-3-13(9-14)20-16-11-18-15(10-19-16)17(24)22-7-5-21(12-23)6-8-22/h2-4,9-12H,5-8H2,1H3,(H,19,20). The molecule has 0 aliphatic carbocycles. The number of rotatable bonds is 5. The van der Waals surface area contributed by atoms with E-state index in [2.05, 4.69) is 15.3 Å². The first-order chi connectivity index (χ1) is 12.2. The lowest BCUT2D eigenvalue weighted by molar-refractivity contribution is -0.119. The molecule has 2 aromatic rings. The van der Waals surface area contributed by atoms with Crippen molar-refractivity contribution in [1.29, 1.82) is 0 Å². The zero-order valence-electron chi connectivity index (χ0n) is 13.9. The first kappa shape index (κ1) is 16.7. The van der Waals surface area contributed by atoms with Crippen molar-refractivity contribution in [1.82, 2.24) is 19.8 Å². The van der Waals surface area contributed by atoms with Crippen LogP contribution in [0, 0.1) is 0 Å². The van der Waals surface area contributed by atoms with Gasteiger partial charge in [0.1, 0.15) is 17.3 Å². The minimum Gasteiger partial charge on any atom is -0.497 e. The van der Waals surface area contributed by atoms with Crippen LogP contribution in [0.2, 0.25) is 0 Å². The van der Waals surface area contributed by atoms with Crippen molar-refractivity contribution in [3.05, 3.63) is 42.4 Å². The van der Waals surface area contributed by atoms with Gasteiger partial charge in [0.25, 0.3) is 5.91 Å². The molecule has 1 aliphatic rings. The molecule has 2 heterocycles. The molecule has 0 unspecified atom stereocenters. The molecule has 1 N–H and O–H groups in total. The lowest BCUT2D eigenvalue weighted by Gasteiger charge is -2.32. The van der Waals surface area contributed by atoms with Crippen molar-refractivity contribution in [3.63, 3.8) is 0 Å². The van der Waals surface area contributed by atoms with Gasteiger partial charge in [0.15, 0.2) is 0 Å². The number of aromatic nitrogens is 2. The number of methoxy groups -OCH3 is 1. The molecule has 130 valence electrons. The highest BCUT2D eigenvalue weighted by atomic mass is 16.5. The Labute approximate surface area is 145 Å². The van der Waals surface area contributed by atoms with Crippen LogP contribution in [-0.2, 0) is 4.79 Å². The van der Waals surface area contributed by atoms with E-state index in [-0.39, 0.29) is 11.6 Å². The van der Waals surface area contributed by atoms with Crippen molar-refractivity contribution in [2.75, 3.05) is 38.6 Å². The summed E-state index contributed by atoms with van der Waals surface area (Å²) in [5.74, 6) is 1.10. The minimum absolute atomic E-state index is 0.175. The van der Waals surface area contributed by atoms with Crippen molar-refractivity contribution in [3.8, 4) is 5.75 Å². The van der Waals surface area contributed by atoms with Crippen LogP contribution in [0.25, 0.3) is 0 Å². The van der Waals surface area contributed by atoms with Gasteiger partial charge in [-0.2, -0.15) is 0 Å². The summed E-state index contributed by atoms with van der Waals surface area (Å²) in [4.78, 5) is 34.9. The van der Waals surface area contributed by atoms with Crippen LogP contribution in [0.1, 0.15) is 10.5 Å². The summed E-state index contributed by atoms with van der Waals surface area (Å²) < 4.78 is 5.17. The van der Waals surface area contributed by atoms with Gasteiger partial charge in [-0.25, -0.2) is 9.97 Å². The normalized spacial score (nSPS) is 14.1. The van der Waals surface area contributed by atoms with Crippen LogP contribution in [0.4, 0.5) is 11.5 Å². The number of carbonyl (C=O) groups is 2. The van der Waals surface area contributed by atoms with Crippen molar-refractivity contribution in [2.24, 2.45) is 0 Å². The second kappa shape index (κ2) is 7.61. The van der Waals surface area contributed by atoms with E-state index in [0.717, 1.165) is 17.8 Å². The highest BCUT2D eigenvalue weighted by molar-refractivity contribution is 5.92. The van der Waals surface area contributed by atoms with Crippen LogP contribution in [0.5, 0.6) is 5.75 Å². The Bertz CT molecular complexity index is 742. The summed E-state index contributed by atoms with van der Waals surface area (Å²) in [6.07, 6.45) is 3.78. The molecule has 1 aliphatic heterocycles. The summed E-state index contributed by atoms with van der Waals surface area (Å²) >= 11 is 0. The largest absolute Gasteiger partial charge is 0.497 e. The SMILES string of the molecule is COc1cccc(Nc2cnc(C(=O)N3CCN(C=O)CC3)cn2)c1. The molecule has 0 spiro atoms. The highest BCUT2D eigenvalue weighted by Crippen LogP contribution is 2.19. The molecule has 1 fully saturated rings. The quantitative estimate of drug-likeness (QED) is 0.821. The summed E-state index contributed by atoms with van der Waals surface area (Å²) in [5, 5.41) is 3.11. The lowest BCUT2D eigenvalue weighted by Crippen LogP contribution is -2.48. The molecular formula is C17H19N5O3. The molecule has 0 atom stereocenters. The van der Waals surface area contributed by atoms with Crippen molar-refractivity contribution in [2.45, 2.75) is 0 Å². The molecule has 1 aromatic heterocycles. The first-order valence-electron chi connectivity index (χ1n) is 7.91. The topological polar surface area (TPSA) is 87.7 Å². The number of nitrogens with zero attached hydrogens (tertiary/aromatic N) is 4. The molecule has 2 amide bonds. The Hall–Kier alpha value is -3.16. The highest BCUT2D eigenvalue weighted by Gasteiger charge is 2.22. The predicted octanol–water partition coefficient (Wildman–Crippen LogP) is 1.14. The fraction of sp³-hybridized carbons (Fsp3) is 0.294. The average Bonchev–Trinajstić information content (AvgIpc) is 2.68. The Morgan fingerprint density at radius 2 is 2.00 bits per heavy atom. The van der Waals surface area contributed by atoms with Crippen LogP contribution in [0.3, 0.4) is 0 Å². The van der Waals surface area contributed by atoms with E-state index in [1.165, 1.54) is 12.4 Å². The number of ether oxygens (including phenoxy) is 1. The summed E-state index contributed by atoms with van der Waals surface area (Å²) in [5.41, 5.74) is 1.11. The Morgan fingerprint density at radius 1 is 1.20 bits per heavy atom. The molecule has 0 radical (unpaired) electrons. The number of amides is 2. The number of nitrogens with one attached hydrogen (secondary N) is 1. The summed E-state index contributed by atoms with van der Waals surface area (Å²) in [6, 6.07) is 7.44. The Kier molecular flexibility index (Phi) is 5.08. The van der Waals surface area contributed by atoms with Gasteiger partial charge in [-0.3, -0.25) is 9.59 Å². The maximum atomic E-state index is 12.4. The third kappa shape index (κ3) is 4.03. The smallest absolute Gasteiger partial charge is 0.274 e. The van der Waals surface area contributed by atoms with Crippen LogP contribution in [-0.4, -0.2) is 65.4 Å². The van der Waals surface area contributed by atoms with E-state index in [4.69, 9.17) is 4.74 Å². The molecule has 0 saturated carbocycles. The van der Waals surface area contributed by atoms with E-state index in [0.29, 0.717) is 32.0 Å². The van der Waals surface area contributed by atoms with E-state index < -0.39 is 0 Å². The van der Waals surface area contributed by atoms with E-state index in [1.807, 2.05) is 24.3 Å². The van der Waals surface area contributed by atoms with Crippen LogP contribution in [0.15, 0.2) is 36.7 Å². The van der Waals surface area contributed by atoms with Gasteiger partial charge in [-0.1, -0.05) is 6.07 Å². The predicted molar refractivity (Wildman–Crippen MR) is 91.8 cm³/mol. The third-order valence-electron chi connectivity index (χ3n) is 3.96. The third-order valence-corrected chi connectivity index (χ3v) is 3.96. The lowest BCUT2D eigenvalue weighted by atomic mass is 10.3. The minimum atomic E-state index is -0.175. The van der Waals surface area contributed by atoms with Gasteiger partial charge in [0.2, 0.25) is 6.41 Å². The average molecular weight is 341 g/mol. The van der Waals surface area contributed by atoms with Gasteiger partial charge >= 0.3 is 0 Å². The summed E-state index contributed by atoms with van der Waals surface area (Å²) in [7, 11) is 1.61. The van der Waals surface area contributed by atoms with E-state index in [9.17, 15) is 9.59 Å². The Balaban J connectivity index is 1.63. The molecule has 8 heteroatoms. The fourth-order valence-electron chi connectivity index (χ4n) is 2.54. The van der Waals surface area contributed by atoms with Gasteiger partial charge < -0.3 is 19.9 Å². The maximum absolute atomic E-state index is 12.4. The number of piperazine rings is 1. The number of benzene rings is 1. The second-order valence-corrected chi connectivity index (χ2v) is 5.58. The fourth-order valence-corrected chi connectivity index (χ4v) is 2.54. The second-order valence-electron chi connectivity index (χ2n) is 5.58. The number of anilines is 2.